The van der Waals surface area contributed by atoms with Crippen LogP contribution in [0.3, 0.4) is 0 Å². The number of benzene rings is 1. The lowest BCUT2D eigenvalue weighted by Gasteiger charge is -2.14. The fraction of sp³-hybridized carbons (Fsp3) is 0.188. The Balaban J connectivity index is 2.00. The van der Waals surface area contributed by atoms with Gasteiger partial charge in [0.05, 0.1) is 12.0 Å². The topological polar surface area (TPSA) is 100 Å². The first-order valence-electron chi connectivity index (χ1n) is 7.09. The summed E-state index contributed by atoms with van der Waals surface area (Å²) < 4.78 is 18.5. The van der Waals surface area contributed by atoms with Gasteiger partial charge in [0.15, 0.2) is 5.76 Å². The smallest absolute Gasteiger partial charge is 0.287 e. The normalized spacial score (nSPS) is 11.5. The molecule has 3 amide bonds. The lowest BCUT2D eigenvalue weighted by atomic mass is 10.2. The van der Waals surface area contributed by atoms with Gasteiger partial charge in [-0.3, -0.25) is 14.4 Å². The number of hydrogen-bond acceptors (Lipinski definition) is 4. The molecule has 0 aliphatic rings. The number of anilines is 2. The average Bonchev–Trinajstić information content (AvgIpc) is 3.04. The predicted octanol–water partition coefficient (Wildman–Crippen LogP) is 2.13. The second-order valence-corrected chi connectivity index (χ2v) is 5.04. The van der Waals surface area contributed by atoms with Crippen molar-refractivity contribution in [3.8, 4) is 0 Å². The number of amides is 3. The zero-order valence-electron chi connectivity index (χ0n) is 13.1. The fourth-order valence-electron chi connectivity index (χ4n) is 1.88. The fourth-order valence-corrected chi connectivity index (χ4v) is 1.88. The molecule has 0 bridgehead atoms. The molecule has 24 heavy (non-hydrogen) atoms. The van der Waals surface area contributed by atoms with Gasteiger partial charge in [-0.15, -0.1) is 0 Å². The Morgan fingerprint density at radius 1 is 1.17 bits per heavy atom. The van der Waals surface area contributed by atoms with Gasteiger partial charge in [0, 0.05) is 12.6 Å². The molecule has 0 fully saturated rings. The molecule has 3 N–H and O–H groups in total. The van der Waals surface area contributed by atoms with Crippen molar-refractivity contribution in [3.05, 3.63) is 48.2 Å². The number of halogens is 1. The number of carbonyl (C=O) groups is 3. The number of carbonyl (C=O) groups excluding carboxylic acids is 3. The molecule has 2 aromatic rings. The second kappa shape index (κ2) is 7.40. The van der Waals surface area contributed by atoms with E-state index in [4.69, 9.17) is 4.42 Å². The Morgan fingerprint density at radius 2 is 1.92 bits per heavy atom. The van der Waals surface area contributed by atoms with Gasteiger partial charge in [0.2, 0.25) is 11.8 Å². The van der Waals surface area contributed by atoms with Gasteiger partial charge in [-0.1, -0.05) is 0 Å². The van der Waals surface area contributed by atoms with Crippen LogP contribution in [0.2, 0.25) is 0 Å². The summed E-state index contributed by atoms with van der Waals surface area (Å²) in [6.07, 6.45) is 1.35. The zero-order valence-corrected chi connectivity index (χ0v) is 13.1. The monoisotopic (exact) mass is 333 g/mol. The standard InChI is InChI=1S/C16H16FN3O4/c1-9(18-16(23)14-4-3-7-24-14)15(22)20-11-5-6-12(17)13(8-11)19-10(2)21/h3-9H,1-2H3,(H,18,23)(H,19,21)(H,20,22). The third-order valence-corrected chi connectivity index (χ3v) is 3.03. The maximum Gasteiger partial charge on any atom is 0.287 e. The van der Waals surface area contributed by atoms with Crippen molar-refractivity contribution in [1.29, 1.82) is 0 Å². The molecule has 126 valence electrons. The van der Waals surface area contributed by atoms with Crippen molar-refractivity contribution in [2.45, 2.75) is 19.9 Å². The molecule has 1 heterocycles. The Morgan fingerprint density at radius 3 is 2.54 bits per heavy atom. The van der Waals surface area contributed by atoms with Gasteiger partial charge in [0.1, 0.15) is 11.9 Å². The van der Waals surface area contributed by atoms with Crippen molar-refractivity contribution in [2.75, 3.05) is 10.6 Å². The first-order valence-corrected chi connectivity index (χ1v) is 7.09. The molecule has 1 atom stereocenters. The van der Waals surface area contributed by atoms with Crippen molar-refractivity contribution in [3.63, 3.8) is 0 Å². The number of furan rings is 1. The molecule has 0 radical (unpaired) electrons. The number of nitrogens with one attached hydrogen (secondary N) is 3. The van der Waals surface area contributed by atoms with E-state index in [9.17, 15) is 18.8 Å². The average molecular weight is 333 g/mol. The largest absolute Gasteiger partial charge is 0.459 e. The van der Waals surface area contributed by atoms with Gasteiger partial charge in [-0.2, -0.15) is 0 Å². The van der Waals surface area contributed by atoms with Crippen LogP contribution in [0.5, 0.6) is 0 Å². The maximum absolute atomic E-state index is 13.6. The van der Waals surface area contributed by atoms with E-state index in [-0.39, 0.29) is 17.1 Å². The molecular formula is C16H16FN3O4. The molecule has 8 heteroatoms. The van der Waals surface area contributed by atoms with Crippen molar-refractivity contribution >= 4 is 29.1 Å². The number of rotatable bonds is 5. The molecule has 0 aliphatic heterocycles. The van der Waals surface area contributed by atoms with E-state index in [0.29, 0.717) is 0 Å². The lowest BCUT2D eigenvalue weighted by Crippen LogP contribution is -2.41. The van der Waals surface area contributed by atoms with Gasteiger partial charge in [-0.05, 0) is 37.3 Å². The summed E-state index contributed by atoms with van der Waals surface area (Å²) in [7, 11) is 0. The van der Waals surface area contributed by atoms with Gasteiger partial charge < -0.3 is 20.4 Å². The Hall–Kier alpha value is -3.16. The lowest BCUT2D eigenvalue weighted by molar-refractivity contribution is -0.117. The second-order valence-electron chi connectivity index (χ2n) is 5.04. The van der Waals surface area contributed by atoms with E-state index >= 15 is 0 Å². The molecule has 2 rings (SSSR count). The SMILES string of the molecule is CC(=O)Nc1cc(NC(=O)C(C)NC(=O)c2ccco2)ccc1F. The number of hydrogen-bond donors (Lipinski definition) is 3. The van der Waals surface area contributed by atoms with Crippen LogP contribution in [0.15, 0.2) is 41.0 Å². The van der Waals surface area contributed by atoms with Crippen LogP contribution in [0, 0.1) is 5.82 Å². The summed E-state index contributed by atoms with van der Waals surface area (Å²) >= 11 is 0. The van der Waals surface area contributed by atoms with Gasteiger partial charge in [-0.25, -0.2) is 4.39 Å². The summed E-state index contributed by atoms with van der Waals surface area (Å²) in [4.78, 5) is 34.9. The van der Waals surface area contributed by atoms with E-state index in [0.717, 1.165) is 6.07 Å². The van der Waals surface area contributed by atoms with E-state index < -0.39 is 29.6 Å². The predicted molar refractivity (Wildman–Crippen MR) is 85.0 cm³/mol. The van der Waals surface area contributed by atoms with Crippen molar-refractivity contribution in [1.82, 2.24) is 5.32 Å². The molecule has 0 aliphatic carbocycles. The minimum absolute atomic E-state index is 0.0485. The summed E-state index contributed by atoms with van der Waals surface area (Å²) in [5.74, 6) is -2.00. The highest BCUT2D eigenvalue weighted by Crippen LogP contribution is 2.19. The van der Waals surface area contributed by atoms with Crippen molar-refractivity contribution < 1.29 is 23.2 Å². The molecule has 1 aromatic heterocycles. The first-order chi connectivity index (χ1) is 11.4. The van der Waals surface area contributed by atoms with Crippen LogP contribution in [0.25, 0.3) is 0 Å². The van der Waals surface area contributed by atoms with Crippen LogP contribution < -0.4 is 16.0 Å². The highest BCUT2D eigenvalue weighted by molar-refractivity contribution is 6.00. The molecule has 0 saturated carbocycles. The van der Waals surface area contributed by atoms with Crippen LogP contribution in [-0.4, -0.2) is 23.8 Å². The molecule has 0 spiro atoms. The molecule has 1 unspecified atom stereocenters. The van der Waals surface area contributed by atoms with E-state index in [1.807, 2.05) is 0 Å². The van der Waals surface area contributed by atoms with E-state index in [2.05, 4.69) is 16.0 Å². The van der Waals surface area contributed by atoms with Crippen LogP contribution in [0.4, 0.5) is 15.8 Å². The Bertz CT molecular complexity index is 759. The summed E-state index contributed by atoms with van der Waals surface area (Å²) in [6, 6.07) is 5.93. The molecule has 0 saturated heterocycles. The highest BCUT2D eigenvalue weighted by atomic mass is 19.1. The Labute approximate surface area is 137 Å². The van der Waals surface area contributed by atoms with Crippen LogP contribution in [0.1, 0.15) is 24.4 Å². The van der Waals surface area contributed by atoms with Gasteiger partial charge >= 0.3 is 0 Å². The van der Waals surface area contributed by atoms with Crippen LogP contribution >= 0.6 is 0 Å². The first kappa shape index (κ1) is 17.2. The minimum Gasteiger partial charge on any atom is -0.459 e. The minimum atomic E-state index is -0.850. The summed E-state index contributed by atoms with van der Waals surface area (Å²) in [5.41, 5.74) is 0.233. The van der Waals surface area contributed by atoms with Crippen molar-refractivity contribution in [2.24, 2.45) is 0 Å². The molecule has 7 nitrogen and oxygen atoms in total. The third-order valence-electron chi connectivity index (χ3n) is 3.03. The van der Waals surface area contributed by atoms with E-state index in [1.165, 1.54) is 38.3 Å². The highest BCUT2D eigenvalue weighted by Gasteiger charge is 2.18. The maximum atomic E-state index is 13.6. The van der Waals surface area contributed by atoms with E-state index in [1.54, 1.807) is 6.07 Å². The summed E-state index contributed by atoms with van der Waals surface area (Å²) in [5, 5.41) is 7.32. The third kappa shape index (κ3) is 4.42. The zero-order chi connectivity index (χ0) is 17.7. The van der Waals surface area contributed by atoms with Crippen LogP contribution in [-0.2, 0) is 9.59 Å². The Kier molecular flexibility index (Phi) is 5.31. The quantitative estimate of drug-likeness (QED) is 0.780. The van der Waals surface area contributed by atoms with Gasteiger partial charge in [0.25, 0.3) is 5.91 Å². The molecular weight excluding hydrogens is 317 g/mol. The summed E-state index contributed by atoms with van der Waals surface area (Å²) in [6.45, 7) is 2.74. The molecule has 1 aromatic carbocycles.